The van der Waals surface area contributed by atoms with Crippen LogP contribution in [0.5, 0.6) is 0 Å². The van der Waals surface area contributed by atoms with Gasteiger partial charge in [0.15, 0.2) is 0 Å². The summed E-state index contributed by atoms with van der Waals surface area (Å²) in [5.41, 5.74) is 1.48. The molecule has 2 aromatic rings. The Bertz CT molecular complexity index is 785. The largest absolute Gasteiger partial charge is 0.418 e. The number of anilines is 2. The van der Waals surface area contributed by atoms with Gasteiger partial charge in [-0.05, 0) is 24.3 Å². The highest BCUT2D eigenvalue weighted by molar-refractivity contribution is 7.07. The van der Waals surface area contributed by atoms with Gasteiger partial charge in [0.25, 0.3) is 0 Å². The number of thiazole rings is 1. The van der Waals surface area contributed by atoms with E-state index in [2.05, 4.69) is 10.3 Å². The summed E-state index contributed by atoms with van der Waals surface area (Å²) in [6.07, 6.45) is -1.98. The molecule has 1 fully saturated rings. The Labute approximate surface area is 152 Å². The second-order valence-corrected chi connectivity index (χ2v) is 6.28. The molecule has 0 aliphatic carbocycles. The topological polar surface area (TPSA) is 54.5 Å². The summed E-state index contributed by atoms with van der Waals surface area (Å²) in [6.45, 7) is 2.00. The quantitative estimate of drug-likeness (QED) is 0.819. The second kappa shape index (κ2) is 7.88. The zero-order chi connectivity index (χ0) is 18.6. The molecule has 2 heterocycles. The van der Waals surface area contributed by atoms with Crippen molar-refractivity contribution in [1.29, 1.82) is 0 Å². The maximum Gasteiger partial charge on any atom is 0.418 e. The number of nitrogens with zero attached hydrogens (tertiary/aromatic N) is 2. The summed E-state index contributed by atoms with van der Waals surface area (Å²) >= 11 is 1.36. The van der Waals surface area contributed by atoms with E-state index in [1.807, 2.05) is 4.90 Å². The third-order valence-corrected chi connectivity index (χ3v) is 4.40. The first-order valence-electron chi connectivity index (χ1n) is 7.85. The van der Waals surface area contributed by atoms with Crippen LogP contribution in [0.25, 0.3) is 6.08 Å². The van der Waals surface area contributed by atoms with E-state index in [1.165, 1.54) is 23.5 Å². The van der Waals surface area contributed by atoms with Crippen molar-refractivity contribution >= 4 is 34.7 Å². The smallest absolute Gasteiger partial charge is 0.378 e. The molecule has 9 heteroatoms. The number of halogens is 3. The Balaban J connectivity index is 1.80. The Morgan fingerprint density at radius 1 is 1.31 bits per heavy atom. The minimum Gasteiger partial charge on any atom is -0.378 e. The molecule has 5 nitrogen and oxygen atoms in total. The molecule has 1 aliphatic heterocycles. The van der Waals surface area contributed by atoms with Crippen LogP contribution in [0, 0.1) is 0 Å². The van der Waals surface area contributed by atoms with Gasteiger partial charge >= 0.3 is 6.18 Å². The second-order valence-electron chi connectivity index (χ2n) is 5.56. The fourth-order valence-electron chi connectivity index (χ4n) is 2.53. The maximum atomic E-state index is 13.4. The Morgan fingerprint density at radius 3 is 2.73 bits per heavy atom. The average molecular weight is 383 g/mol. The van der Waals surface area contributed by atoms with Gasteiger partial charge in [0.1, 0.15) is 0 Å². The van der Waals surface area contributed by atoms with E-state index in [0.29, 0.717) is 37.7 Å². The van der Waals surface area contributed by atoms with Gasteiger partial charge in [0, 0.05) is 30.2 Å². The summed E-state index contributed by atoms with van der Waals surface area (Å²) in [5.74, 6) is -0.650. The number of hydrogen-bond donors (Lipinski definition) is 1. The fraction of sp³-hybridized carbons (Fsp3) is 0.294. The molecular weight excluding hydrogens is 367 g/mol. The van der Waals surface area contributed by atoms with Gasteiger partial charge in [0.2, 0.25) is 5.91 Å². The zero-order valence-corrected chi connectivity index (χ0v) is 14.4. The Morgan fingerprint density at radius 2 is 2.08 bits per heavy atom. The van der Waals surface area contributed by atoms with Crippen molar-refractivity contribution in [3.05, 3.63) is 46.4 Å². The number of nitrogens with one attached hydrogen (secondary N) is 1. The highest BCUT2D eigenvalue weighted by Crippen LogP contribution is 2.37. The highest BCUT2D eigenvalue weighted by atomic mass is 32.1. The van der Waals surface area contributed by atoms with Gasteiger partial charge < -0.3 is 15.0 Å². The number of amides is 1. The van der Waals surface area contributed by atoms with Crippen molar-refractivity contribution < 1.29 is 22.7 Å². The van der Waals surface area contributed by atoms with Crippen LogP contribution in [0.15, 0.2) is 35.2 Å². The normalized spacial score (nSPS) is 15.4. The monoisotopic (exact) mass is 383 g/mol. The molecule has 3 rings (SSSR count). The SMILES string of the molecule is O=C(/C=C\c1cscn1)Nc1ccc(N2CCOCC2)cc1C(F)(F)F. The summed E-state index contributed by atoms with van der Waals surface area (Å²) in [6, 6.07) is 3.91. The average Bonchev–Trinajstić information content (AvgIpc) is 3.14. The number of benzene rings is 1. The van der Waals surface area contributed by atoms with Gasteiger partial charge in [-0.3, -0.25) is 4.79 Å². The molecule has 1 amide bonds. The van der Waals surface area contributed by atoms with Crippen LogP contribution in [0.1, 0.15) is 11.3 Å². The van der Waals surface area contributed by atoms with Gasteiger partial charge in [-0.2, -0.15) is 13.2 Å². The van der Waals surface area contributed by atoms with Crippen molar-refractivity contribution in [3.8, 4) is 0 Å². The molecule has 0 unspecified atom stereocenters. The summed E-state index contributed by atoms with van der Waals surface area (Å²) < 4.78 is 45.5. The number of rotatable bonds is 4. The molecule has 1 saturated heterocycles. The molecular formula is C17H16F3N3O2S. The molecule has 0 atom stereocenters. The summed E-state index contributed by atoms with van der Waals surface area (Å²) in [7, 11) is 0. The molecule has 0 radical (unpaired) electrons. The summed E-state index contributed by atoms with van der Waals surface area (Å²) in [4.78, 5) is 17.8. The van der Waals surface area contributed by atoms with Crippen LogP contribution in [-0.4, -0.2) is 37.2 Å². The molecule has 1 aliphatic rings. The molecule has 26 heavy (non-hydrogen) atoms. The van der Waals surface area contributed by atoms with E-state index in [0.717, 1.165) is 12.1 Å². The number of aromatic nitrogens is 1. The molecule has 1 N–H and O–H groups in total. The molecule has 138 valence electrons. The van der Waals surface area contributed by atoms with Crippen molar-refractivity contribution in [2.75, 3.05) is 36.5 Å². The first-order chi connectivity index (χ1) is 12.4. The van der Waals surface area contributed by atoms with Crippen LogP contribution < -0.4 is 10.2 Å². The number of ether oxygens (including phenoxy) is 1. The lowest BCUT2D eigenvalue weighted by molar-refractivity contribution is -0.136. The molecule has 0 saturated carbocycles. The minimum absolute atomic E-state index is 0.276. The van der Waals surface area contributed by atoms with Crippen molar-refractivity contribution in [1.82, 2.24) is 4.98 Å². The summed E-state index contributed by atoms with van der Waals surface area (Å²) in [5, 5.41) is 4.02. The van der Waals surface area contributed by atoms with Crippen LogP contribution in [-0.2, 0) is 15.7 Å². The molecule has 0 bridgehead atoms. The first-order valence-corrected chi connectivity index (χ1v) is 8.79. The molecule has 1 aromatic heterocycles. The third kappa shape index (κ3) is 4.61. The van der Waals surface area contributed by atoms with E-state index >= 15 is 0 Å². The van der Waals surface area contributed by atoms with Crippen molar-refractivity contribution in [3.63, 3.8) is 0 Å². The number of carbonyl (C=O) groups is 1. The van der Waals surface area contributed by atoms with Crippen molar-refractivity contribution in [2.45, 2.75) is 6.18 Å². The van der Waals surface area contributed by atoms with E-state index in [-0.39, 0.29) is 5.69 Å². The fourth-order valence-corrected chi connectivity index (χ4v) is 3.06. The third-order valence-electron chi connectivity index (χ3n) is 3.80. The van der Waals surface area contributed by atoms with E-state index in [1.54, 1.807) is 17.0 Å². The van der Waals surface area contributed by atoms with Crippen molar-refractivity contribution in [2.24, 2.45) is 0 Å². The van der Waals surface area contributed by atoms with E-state index in [4.69, 9.17) is 4.74 Å². The number of alkyl halides is 3. The molecule has 1 aromatic carbocycles. The predicted octanol–water partition coefficient (Wildman–Crippen LogP) is 3.65. The van der Waals surface area contributed by atoms with Crippen LogP contribution in [0.4, 0.5) is 24.5 Å². The van der Waals surface area contributed by atoms with Gasteiger partial charge in [-0.15, -0.1) is 11.3 Å². The number of morpholine rings is 1. The minimum atomic E-state index is -4.58. The predicted molar refractivity (Wildman–Crippen MR) is 94.3 cm³/mol. The van der Waals surface area contributed by atoms with E-state index in [9.17, 15) is 18.0 Å². The number of hydrogen-bond acceptors (Lipinski definition) is 5. The van der Waals surface area contributed by atoms with Crippen LogP contribution in [0.3, 0.4) is 0 Å². The Kier molecular flexibility index (Phi) is 5.58. The lowest BCUT2D eigenvalue weighted by Gasteiger charge is -2.29. The zero-order valence-electron chi connectivity index (χ0n) is 13.6. The maximum absolute atomic E-state index is 13.4. The van der Waals surface area contributed by atoms with Gasteiger partial charge in [-0.1, -0.05) is 0 Å². The van der Waals surface area contributed by atoms with Crippen LogP contribution >= 0.6 is 11.3 Å². The highest BCUT2D eigenvalue weighted by Gasteiger charge is 2.34. The Hall–Kier alpha value is -2.39. The standard InChI is InChI=1S/C17H16F3N3O2S/c18-17(19,20)14-9-13(23-5-7-25-8-6-23)2-3-15(14)22-16(24)4-1-12-10-26-11-21-12/h1-4,9-11H,5-8H2,(H,22,24)/b4-1-. The first kappa shape index (κ1) is 18.4. The van der Waals surface area contributed by atoms with Gasteiger partial charge in [0.05, 0.1) is 35.7 Å². The van der Waals surface area contributed by atoms with Crippen LogP contribution in [0.2, 0.25) is 0 Å². The number of carbonyl (C=O) groups excluding carboxylic acids is 1. The lowest BCUT2D eigenvalue weighted by Crippen LogP contribution is -2.36. The lowest BCUT2D eigenvalue weighted by atomic mass is 10.1. The van der Waals surface area contributed by atoms with Gasteiger partial charge in [-0.25, -0.2) is 4.98 Å². The molecule has 0 spiro atoms. The van der Waals surface area contributed by atoms with E-state index < -0.39 is 17.6 Å².